The SMILES string of the molecule is Cc1ccc(N(C)C(=O)OC(C)(C)C)c(C(=O)O)c1. The second kappa shape index (κ2) is 5.30. The fourth-order valence-electron chi connectivity index (χ4n) is 1.54. The number of carboxylic acids is 1. The molecule has 1 N–H and O–H groups in total. The van der Waals surface area contributed by atoms with Gasteiger partial charge in [0.05, 0.1) is 11.3 Å². The van der Waals surface area contributed by atoms with Gasteiger partial charge >= 0.3 is 12.1 Å². The van der Waals surface area contributed by atoms with Crippen LogP contribution in [0.2, 0.25) is 0 Å². The van der Waals surface area contributed by atoms with E-state index in [1.807, 2.05) is 0 Å². The molecule has 5 nitrogen and oxygen atoms in total. The highest BCUT2D eigenvalue weighted by atomic mass is 16.6. The number of anilines is 1. The van der Waals surface area contributed by atoms with E-state index in [2.05, 4.69) is 0 Å². The maximum Gasteiger partial charge on any atom is 0.414 e. The third-order valence-electron chi connectivity index (χ3n) is 2.41. The second-order valence-electron chi connectivity index (χ2n) is 5.37. The minimum absolute atomic E-state index is 0.0772. The molecule has 0 unspecified atom stereocenters. The van der Waals surface area contributed by atoms with Crippen LogP contribution >= 0.6 is 0 Å². The molecule has 0 atom stereocenters. The van der Waals surface area contributed by atoms with Gasteiger partial charge in [0.25, 0.3) is 0 Å². The van der Waals surface area contributed by atoms with Gasteiger partial charge in [0.15, 0.2) is 0 Å². The first kappa shape index (κ1) is 15.0. The smallest absolute Gasteiger partial charge is 0.414 e. The average Bonchev–Trinajstić information content (AvgIpc) is 2.25. The maximum atomic E-state index is 11.9. The van der Waals surface area contributed by atoms with Gasteiger partial charge in [-0.05, 0) is 39.8 Å². The van der Waals surface area contributed by atoms with Crippen molar-refractivity contribution in [3.63, 3.8) is 0 Å². The molecular weight excluding hydrogens is 246 g/mol. The van der Waals surface area contributed by atoms with Gasteiger partial charge in [-0.15, -0.1) is 0 Å². The summed E-state index contributed by atoms with van der Waals surface area (Å²) in [4.78, 5) is 24.3. The predicted molar refractivity (Wildman–Crippen MR) is 72.8 cm³/mol. The standard InChI is InChI=1S/C14H19NO4/c1-9-6-7-11(10(8-9)12(16)17)15(5)13(18)19-14(2,3)4/h6-8H,1-5H3,(H,16,17). The first-order valence-corrected chi connectivity index (χ1v) is 5.92. The molecule has 1 amide bonds. The molecule has 5 heteroatoms. The summed E-state index contributed by atoms with van der Waals surface area (Å²) in [5.74, 6) is -1.07. The van der Waals surface area contributed by atoms with Crippen molar-refractivity contribution in [1.29, 1.82) is 0 Å². The van der Waals surface area contributed by atoms with Crippen molar-refractivity contribution in [3.05, 3.63) is 29.3 Å². The Morgan fingerprint density at radius 2 is 1.84 bits per heavy atom. The molecule has 0 bridgehead atoms. The van der Waals surface area contributed by atoms with Gasteiger partial charge in [-0.3, -0.25) is 4.90 Å². The third kappa shape index (κ3) is 3.98. The molecule has 0 radical (unpaired) electrons. The molecule has 0 heterocycles. The Hall–Kier alpha value is -2.04. The number of aromatic carboxylic acids is 1. The number of hydrogen-bond donors (Lipinski definition) is 1. The highest BCUT2D eigenvalue weighted by Crippen LogP contribution is 2.23. The van der Waals surface area contributed by atoms with Crippen LogP contribution in [0.25, 0.3) is 0 Å². The van der Waals surface area contributed by atoms with Gasteiger partial charge in [0.2, 0.25) is 0 Å². The minimum atomic E-state index is -1.07. The lowest BCUT2D eigenvalue weighted by atomic mass is 10.1. The van der Waals surface area contributed by atoms with E-state index in [4.69, 9.17) is 4.74 Å². The van der Waals surface area contributed by atoms with Gasteiger partial charge in [-0.2, -0.15) is 0 Å². The van der Waals surface area contributed by atoms with Crippen molar-refractivity contribution in [1.82, 2.24) is 0 Å². The van der Waals surface area contributed by atoms with Crippen LogP contribution in [0.3, 0.4) is 0 Å². The number of hydrogen-bond acceptors (Lipinski definition) is 3. The number of benzene rings is 1. The summed E-state index contributed by atoms with van der Waals surface area (Å²) in [7, 11) is 1.49. The van der Waals surface area contributed by atoms with Gasteiger partial charge in [-0.25, -0.2) is 9.59 Å². The van der Waals surface area contributed by atoms with Crippen molar-refractivity contribution in [2.24, 2.45) is 0 Å². The fourth-order valence-corrected chi connectivity index (χ4v) is 1.54. The molecule has 0 aliphatic carbocycles. The largest absolute Gasteiger partial charge is 0.478 e. The van der Waals surface area contributed by atoms with E-state index in [1.165, 1.54) is 18.0 Å². The van der Waals surface area contributed by atoms with Crippen LogP contribution in [-0.2, 0) is 4.74 Å². The van der Waals surface area contributed by atoms with Crippen LogP contribution in [-0.4, -0.2) is 29.8 Å². The number of carbonyl (C=O) groups is 2. The molecule has 0 aliphatic heterocycles. The van der Waals surface area contributed by atoms with E-state index >= 15 is 0 Å². The van der Waals surface area contributed by atoms with E-state index in [1.54, 1.807) is 39.8 Å². The normalized spacial score (nSPS) is 11.0. The zero-order valence-electron chi connectivity index (χ0n) is 11.9. The van der Waals surface area contributed by atoms with E-state index in [-0.39, 0.29) is 5.56 Å². The van der Waals surface area contributed by atoms with Crippen LogP contribution in [0.15, 0.2) is 18.2 Å². The zero-order valence-corrected chi connectivity index (χ0v) is 11.9. The van der Waals surface area contributed by atoms with Crippen molar-refractivity contribution in [2.75, 3.05) is 11.9 Å². The molecule has 0 saturated carbocycles. The Morgan fingerprint density at radius 3 is 2.32 bits per heavy atom. The molecule has 0 aromatic heterocycles. The summed E-state index contributed by atoms with van der Waals surface area (Å²) in [6.45, 7) is 7.06. The quantitative estimate of drug-likeness (QED) is 0.892. The maximum absolute atomic E-state index is 11.9. The average molecular weight is 265 g/mol. The van der Waals surface area contributed by atoms with Crippen molar-refractivity contribution < 1.29 is 19.4 Å². The van der Waals surface area contributed by atoms with Crippen LogP contribution in [0.5, 0.6) is 0 Å². The zero-order chi connectivity index (χ0) is 14.8. The Balaban J connectivity index is 3.09. The number of nitrogens with zero attached hydrogens (tertiary/aromatic N) is 1. The predicted octanol–water partition coefficient (Wildman–Crippen LogP) is 3.06. The molecule has 0 fully saturated rings. The molecule has 0 spiro atoms. The number of amides is 1. The Morgan fingerprint density at radius 1 is 1.26 bits per heavy atom. The van der Waals surface area contributed by atoms with Gasteiger partial charge in [0, 0.05) is 7.05 Å². The second-order valence-corrected chi connectivity index (χ2v) is 5.37. The van der Waals surface area contributed by atoms with Crippen molar-refractivity contribution in [3.8, 4) is 0 Å². The number of aryl methyl sites for hydroxylation is 1. The molecule has 1 rings (SSSR count). The van der Waals surface area contributed by atoms with Gasteiger partial charge in [-0.1, -0.05) is 11.6 Å². The molecule has 19 heavy (non-hydrogen) atoms. The van der Waals surface area contributed by atoms with Crippen molar-refractivity contribution in [2.45, 2.75) is 33.3 Å². The van der Waals surface area contributed by atoms with Crippen LogP contribution in [0.4, 0.5) is 10.5 Å². The highest BCUT2D eigenvalue weighted by Gasteiger charge is 2.23. The fraction of sp³-hybridized carbons (Fsp3) is 0.429. The molecule has 104 valence electrons. The van der Waals surface area contributed by atoms with E-state index in [0.29, 0.717) is 5.69 Å². The summed E-state index contributed by atoms with van der Waals surface area (Å²) >= 11 is 0. The Bertz CT molecular complexity index is 503. The summed E-state index contributed by atoms with van der Waals surface area (Å²) < 4.78 is 5.21. The molecule has 0 saturated heterocycles. The summed E-state index contributed by atoms with van der Waals surface area (Å²) in [6.07, 6.45) is -0.584. The first-order valence-electron chi connectivity index (χ1n) is 5.92. The number of ether oxygens (including phenoxy) is 1. The molecule has 1 aromatic rings. The lowest BCUT2D eigenvalue weighted by molar-refractivity contribution is 0.0589. The topological polar surface area (TPSA) is 66.8 Å². The lowest BCUT2D eigenvalue weighted by Gasteiger charge is -2.25. The van der Waals surface area contributed by atoms with Crippen LogP contribution in [0, 0.1) is 6.92 Å². The van der Waals surface area contributed by atoms with E-state index in [9.17, 15) is 14.7 Å². The van der Waals surface area contributed by atoms with E-state index in [0.717, 1.165) is 5.56 Å². The molecule has 0 aliphatic rings. The number of carbonyl (C=O) groups excluding carboxylic acids is 1. The monoisotopic (exact) mass is 265 g/mol. The summed E-state index contributed by atoms with van der Waals surface area (Å²) in [5, 5.41) is 9.17. The minimum Gasteiger partial charge on any atom is -0.478 e. The van der Waals surface area contributed by atoms with E-state index < -0.39 is 17.7 Å². The molecular formula is C14H19NO4. The number of carboxylic acid groups (broad SMARTS) is 1. The van der Waals surface area contributed by atoms with Crippen molar-refractivity contribution >= 4 is 17.7 Å². The summed E-state index contributed by atoms with van der Waals surface area (Å²) in [6, 6.07) is 4.88. The van der Waals surface area contributed by atoms with Crippen LogP contribution < -0.4 is 4.90 Å². The van der Waals surface area contributed by atoms with Gasteiger partial charge < -0.3 is 9.84 Å². The molecule has 1 aromatic carbocycles. The van der Waals surface area contributed by atoms with Gasteiger partial charge in [0.1, 0.15) is 5.60 Å². The Kier molecular flexibility index (Phi) is 4.19. The summed E-state index contributed by atoms with van der Waals surface area (Å²) in [5.41, 5.74) is 0.582. The lowest BCUT2D eigenvalue weighted by Crippen LogP contribution is -2.34. The Labute approximate surface area is 112 Å². The first-order chi connectivity index (χ1) is 8.61. The number of rotatable bonds is 2. The third-order valence-corrected chi connectivity index (χ3v) is 2.41. The van der Waals surface area contributed by atoms with Crippen LogP contribution in [0.1, 0.15) is 36.7 Å². The highest BCUT2D eigenvalue weighted by molar-refractivity contribution is 5.99.